The summed E-state index contributed by atoms with van der Waals surface area (Å²) < 4.78 is 11.7. The first-order valence-electron chi connectivity index (χ1n) is 11.0. The van der Waals surface area contributed by atoms with Crippen LogP contribution < -0.4 is 15.2 Å². The Balaban J connectivity index is 1.38. The Hall–Kier alpha value is -2.73. The first-order chi connectivity index (χ1) is 14.7. The number of nitrogens with zero attached hydrogens (tertiary/aromatic N) is 2. The molecule has 6 nitrogen and oxygen atoms in total. The Labute approximate surface area is 184 Å². The van der Waals surface area contributed by atoms with Crippen LogP contribution in [0.25, 0.3) is 0 Å². The van der Waals surface area contributed by atoms with Gasteiger partial charge in [0.1, 0.15) is 17.1 Å². The molecule has 0 aliphatic carbocycles. The minimum absolute atomic E-state index is 0.0789. The number of rotatable bonds is 4. The second kappa shape index (κ2) is 8.08. The molecule has 0 bridgehead atoms. The highest BCUT2D eigenvalue weighted by molar-refractivity contribution is 5.94. The number of methoxy groups -OCH3 is 1. The molecule has 4 rings (SSSR count). The number of nitrogen functional groups attached to an aromatic ring is 1. The molecule has 2 N–H and O–H groups in total. The lowest BCUT2D eigenvalue weighted by atomic mass is 9.91. The number of fused-ring (bicyclic) bond motifs is 1. The highest BCUT2D eigenvalue weighted by Gasteiger charge is 2.40. The standard InChI is InChI=1S/C25H33N3O3/c1-16-17(2)23-21(18(3)22(16)26)14-25(4,31-23)15-27-10-12-28(13-11-27)24(29)19-6-8-20(30-5)9-7-19/h6-9H,10-15,26H2,1-5H3. The van der Waals surface area contributed by atoms with Crippen LogP contribution in [0.15, 0.2) is 24.3 Å². The molecule has 2 aliphatic rings. The van der Waals surface area contributed by atoms with Crippen molar-refractivity contribution < 1.29 is 14.3 Å². The minimum atomic E-state index is -0.278. The van der Waals surface area contributed by atoms with E-state index in [0.717, 1.165) is 73.0 Å². The molecule has 1 atom stereocenters. The van der Waals surface area contributed by atoms with E-state index in [4.69, 9.17) is 15.2 Å². The monoisotopic (exact) mass is 423 g/mol. The van der Waals surface area contributed by atoms with Crippen molar-refractivity contribution in [3.05, 3.63) is 52.1 Å². The predicted molar refractivity (Wildman–Crippen MR) is 123 cm³/mol. The van der Waals surface area contributed by atoms with E-state index in [2.05, 4.69) is 32.6 Å². The van der Waals surface area contributed by atoms with E-state index in [1.54, 1.807) is 7.11 Å². The minimum Gasteiger partial charge on any atom is -0.497 e. The maximum absolute atomic E-state index is 12.8. The molecule has 1 fully saturated rings. The quantitative estimate of drug-likeness (QED) is 0.764. The fourth-order valence-electron chi connectivity index (χ4n) is 4.81. The molecule has 0 saturated carbocycles. The molecule has 166 valence electrons. The van der Waals surface area contributed by atoms with Crippen molar-refractivity contribution in [2.45, 2.75) is 39.7 Å². The number of anilines is 1. The number of amides is 1. The lowest BCUT2D eigenvalue weighted by molar-refractivity contribution is 0.0342. The van der Waals surface area contributed by atoms with Crippen LogP contribution in [0.3, 0.4) is 0 Å². The summed E-state index contributed by atoms with van der Waals surface area (Å²) in [6, 6.07) is 7.32. The number of hydrogen-bond donors (Lipinski definition) is 1. The largest absolute Gasteiger partial charge is 0.497 e. The van der Waals surface area contributed by atoms with Crippen molar-refractivity contribution in [2.24, 2.45) is 0 Å². The predicted octanol–water partition coefficient (Wildman–Crippen LogP) is 3.35. The van der Waals surface area contributed by atoms with Crippen molar-refractivity contribution in [3.63, 3.8) is 0 Å². The zero-order valence-electron chi connectivity index (χ0n) is 19.2. The topological polar surface area (TPSA) is 68.0 Å². The van der Waals surface area contributed by atoms with Crippen molar-refractivity contribution in [3.8, 4) is 11.5 Å². The summed E-state index contributed by atoms with van der Waals surface area (Å²) in [5, 5.41) is 0. The number of carbonyl (C=O) groups is 1. The van der Waals surface area contributed by atoms with Crippen LogP contribution in [-0.4, -0.2) is 61.1 Å². The summed E-state index contributed by atoms with van der Waals surface area (Å²) in [7, 11) is 1.63. The number of ether oxygens (including phenoxy) is 2. The number of hydrogen-bond acceptors (Lipinski definition) is 5. The van der Waals surface area contributed by atoms with Crippen LogP contribution in [0.1, 0.15) is 39.5 Å². The van der Waals surface area contributed by atoms with E-state index in [1.807, 2.05) is 29.2 Å². The third-order valence-electron chi connectivity index (χ3n) is 6.89. The highest BCUT2D eigenvalue weighted by atomic mass is 16.5. The molecule has 1 unspecified atom stereocenters. The van der Waals surface area contributed by atoms with Crippen LogP contribution in [0.5, 0.6) is 11.5 Å². The van der Waals surface area contributed by atoms with Gasteiger partial charge in [0.2, 0.25) is 0 Å². The molecule has 2 heterocycles. The second-order valence-electron chi connectivity index (χ2n) is 9.12. The van der Waals surface area contributed by atoms with Gasteiger partial charge in [0.15, 0.2) is 0 Å². The van der Waals surface area contributed by atoms with Gasteiger partial charge in [-0.05, 0) is 68.7 Å². The lowest BCUT2D eigenvalue weighted by Gasteiger charge is -2.38. The highest BCUT2D eigenvalue weighted by Crippen LogP contribution is 2.43. The third kappa shape index (κ3) is 3.97. The molecule has 2 aromatic rings. The molecule has 0 aromatic heterocycles. The van der Waals surface area contributed by atoms with Crippen molar-refractivity contribution in [1.82, 2.24) is 9.80 Å². The Morgan fingerprint density at radius 3 is 2.32 bits per heavy atom. The Morgan fingerprint density at radius 1 is 1.06 bits per heavy atom. The number of nitrogens with two attached hydrogens (primary N) is 1. The summed E-state index contributed by atoms with van der Waals surface area (Å²) in [4.78, 5) is 17.2. The maximum Gasteiger partial charge on any atom is 0.253 e. The van der Waals surface area contributed by atoms with Gasteiger partial charge in [-0.25, -0.2) is 0 Å². The van der Waals surface area contributed by atoms with Gasteiger partial charge in [0, 0.05) is 56.0 Å². The summed E-state index contributed by atoms with van der Waals surface area (Å²) in [5.41, 5.74) is 12.3. The van der Waals surface area contributed by atoms with Gasteiger partial charge in [-0.15, -0.1) is 0 Å². The van der Waals surface area contributed by atoms with Gasteiger partial charge in [-0.3, -0.25) is 9.69 Å². The van der Waals surface area contributed by atoms with Crippen LogP contribution in [-0.2, 0) is 6.42 Å². The van der Waals surface area contributed by atoms with E-state index in [9.17, 15) is 4.79 Å². The van der Waals surface area contributed by atoms with E-state index in [1.165, 1.54) is 5.56 Å². The zero-order chi connectivity index (χ0) is 22.3. The molecular formula is C25H33N3O3. The van der Waals surface area contributed by atoms with E-state index >= 15 is 0 Å². The molecule has 1 amide bonds. The summed E-state index contributed by atoms with van der Waals surface area (Å²) in [6.45, 7) is 12.4. The maximum atomic E-state index is 12.8. The molecule has 0 radical (unpaired) electrons. The average Bonchev–Trinajstić information content (AvgIpc) is 3.14. The molecule has 2 aliphatic heterocycles. The van der Waals surface area contributed by atoms with E-state index in [0.29, 0.717) is 5.56 Å². The number of benzene rings is 2. The summed E-state index contributed by atoms with van der Waals surface area (Å²) in [6.07, 6.45) is 0.866. The van der Waals surface area contributed by atoms with Gasteiger partial charge in [-0.2, -0.15) is 0 Å². The summed E-state index contributed by atoms with van der Waals surface area (Å²) in [5.74, 6) is 1.85. The van der Waals surface area contributed by atoms with Crippen LogP contribution >= 0.6 is 0 Å². The Kier molecular flexibility index (Phi) is 5.60. The van der Waals surface area contributed by atoms with Gasteiger partial charge >= 0.3 is 0 Å². The van der Waals surface area contributed by atoms with Crippen molar-refractivity contribution >= 4 is 11.6 Å². The third-order valence-corrected chi connectivity index (χ3v) is 6.89. The fraction of sp³-hybridized carbons (Fsp3) is 0.480. The fourth-order valence-corrected chi connectivity index (χ4v) is 4.81. The lowest BCUT2D eigenvalue weighted by Crippen LogP contribution is -2.53. The first-order valence-corrected chi connectivity index (χ1v) is 11.0. The zero-order valence-corrected chi connectivity index (χ0v) is 19.2. The first kappa shape index (κ1) is 21.5. The Morgan fingerprint density at radius 2 is 1.71 bits per heavy atom. The van der Waals surface area contributed by atoms with Crippen LogP contribution in [0, 0.1) is 20.8 Å². The molecular weight excluding hydrogens is 390 g/mol. The van der Waals surface area contributed by atoms with Crippen LogP contribution in [0.4, 0.5) is 5.69 Å². The van der Waals surface area contributed by atoms with Crippen LogP contribution in [0.2, 0.25) is 0 Å². The van der Waals surface area contributed by atoms with Gasteiger partial charge < -0.3 is 20.1 Å². The molecule has 31 heavy (non-hydrogen) atoms. The van der Waals surface area contributed by atoms with Gasteiger partial charge in [-0.1, -0.05) is 0 Å². The van der Waals surface area contributed by atoms with Crippen molar-refractivity contribution in [2.75, 3.05) is 45.6 Å². The molecule has 0 spiro atoms. The second-order valence-corrected chi connectivity index (χ2v) is 9.12. The van der Waals surface area contributed by atoms with E-state index < -0.39 is 0 Å². The molecule has 2 aromatic carbocycles. The van der Waals surface area contributed by atoms with Crippen molar-refractivity contribution in [1.29, 1.82) is 0 Å². The number of carbonyl (C=O) groups excluding carboxylic acids is 1. The SMILES string of the molecule is COc1ccc(C(=O)N2CCN(CC3(C)Cc4c(C)c(N)c(C)c(C)c4O3)CC2)cc1. The Bertz CT molecular complexity index is 955. The van der Waals surface area contributed by atoms with Gasteiger partial charge in [0.25, 0.3) is 5.91 Å². The molecule has 6 heteroatoms. The van der Waals surface area contributed by atoms with E-state index in [-0.39, 0.29) is 11.5 Å². The average molecular weight is 424 g/mol. The summed E-state index contributed by atoms with van der Waals surface area (Å²) >= 11 is 0. The smallest absolute Gasteiger partial charge is 0.253 e. The van der Waals surface area contributed by atoms with Gasteiger partial charge in [0.05, 0.1) is 7.11 Å². The number of piperazine rings is 1. The normalized spacial score (nSPS) is 21.0. The molecule has 1 saturated heterocycles.